The first-order valence-electron chi connectivity index (χ1n) is 7.52. The minimum Gasteiger partial charge on any atom is -0.250 e. The van der Waals surface area contributed by atoms with Crippen LogP contribution in [0.15, 0.2) is 53.4 Å². The van der Waals surface area contributed by atoms with Gasteiger partial charge in [-0.15, -0.1) is 5.10 Å². The lowest BCUT2D eigenvalue weighted by Crippen LogP contribution is -2.27. The summed E-state index contributed by atoms with van der Waals surface area (Å²) >= 11 is 5.92. The number of halogens is 1. The number of hydrogen-bond acceptors (Lipinski definition) is 4. The van der Waals surface area contributed by atoms with E-state index in [4.69, 9.17) is 11.6 Å². The highest BCUT2D eigenvalue weighted by Crippen LogP contribution is 2.30. The average molecular weight is 377 g/mol. The largest absolute Gasteiger partial charge is 0.265 e. The Bertz CT molecular complexity index is 996. The molecule has 2 aromatic carbocycles. The molecule has 0 bridgehead atoms. The van der Waals surface area contributed by atoms with Crippen molar-refractivity contribution in [2.45, 2.75) is 11.8 Å². The van der Waals surface area contributed by atoms with Gasteiger partial charge in [0, 0.05) is 24.7 Å². The van der Waals surface area contributed by atoms with Crippen molar-refractivity contribution >= 4 is 27.4 Å². The van der Waals surface area contributed by atoms with Gasteiger partial charge in [0.2, 0.25) is 0 Å². The second-order valence-electron chi connectivity index (χ2n) is 5.65. The van der Waals surface area contributed by atoms with E-state index >= 15 is 0 Å². The number of aryl methyl sites for hydroxylation is 2. The fourth-order valence-electron chi connectivity index (χ4n) is 2.39. The molecule has 0 spiro atoms. The molecule has 0 radical (unpaired) electrons. The van der Waals surface area contributed by atoms with Crippen molar-refractivity contribution in [2.24, 2.45) is 7.05 Å². The maximum absolute atomic E-state index is 12.9. The van der Waals surface area contributed by atoms with Gasteiger partial charge in [-0.1, -0.05) is 41.4 Å². The van der Waals surface area contributed by atoms with E-state index in [1.165, 1.54) is 11.8 Å². The Hall–Kier alpha value is -2.38. The second kappa shape index (κ2) is 6.50. The van der Waals surface area contributed by atoms with Crippen LogP contribution in [0.2, 0.25) is 5.02 Å². The van der Waals surface area contributed by atoms with Gasteiger partial charge >= 0.3 is 0 Å². The third-order valence-electron chi connectivity index (χ3n) is 3.79. The van der Waals surface area contributed by atoms with E-state index in [1.54, 1.807) is 55.6 Å². The number of rotatable bonds is 4. The van der Waals surface area contributed by atoms with Crippen LogP contribution >= 0.6 is 11.6 Å². The smallest absolute Gasteiger partial charge is 0.250 e. The summed E-state index contributed by atoms with van der Waals surface area (Å²) < 4.78 is 27.0. The molecule has 0 aliphatic carbocycles. The van der Waals surface area contributed by atoms with Crippen molar-refractivity contribution in [3.63, 3.8) is 0 Å². The molecular formula is C17H17ClN4O2S. The molecule has 0 fully saturated rings. The summed E-state index contributed by atoms with van der Waals surface area (Å²) in [6.45, 7) is 1.90. The fraction of sp³-hybridized carbons (Fsp3) is 0.176. The molecule has 3 aromatic rings. The number of anilines is 1. The zero-order valence-electron chi connectivity index (χ0n) is 14.0. The molecule has 1 aromatic heterocycles. The Labute approximate surface area is 151 Å². The summed E-state index contributed by atoms with van der Waals surface area (Å²) in [7, 11) is -0.624. The standard InChI is InChI=1S/C17H17ClN4O2S/c1-12-4-10-15(11-5-12)25(23,24)21(2)17-16(19-22(3)20-17)13-6-8-14(18)9-7-13/h4-11H,1-3H3. The molecule has 25 heavy (non-hydrogen) atoms. The normalized spacial score (nSPS) is 11.5. The molecule has 0 aliphatic heterocycles. The molecule has 0 amide bonds. The molecule has 0 saturated heterocycles. The molecule has 0 unspecified atom stereocenters. The van der Waals surface area contributed by atoms with E-state index < -0.39 is 10.0 Å². The molecule has 6 nitrogen and oxygen atoms in total. The summed E-state index contributed by atoms with van der Waals surface area (Å²) in [4.78, 5) is 1.55. The highest BCUT2D eigenvalue weighted by atomic mass is 35.5. The lowest BCUT2D eigenvalue weighted by atomic mass is 10.1. The lowest BCUT2D eigenvalue weighted by molar-refractivity contribution is 0.593. The summed E-state index contributed by atoms with van der Waals surface area (Å²) in [5, 5.41) is 9.14. The predicted octanol–water partition coefficient (Wildman–Crippen LogP) is 3.27. The zero-order valence-corrected chi connectivity index (χ0v) is 15.6. The Kier molecular flexibility index (Phi) is 4.53. The van der Waals surface area contributed by atoms with Crippen molar-refractivity contribution in [1.82, 2.24) is 15.0 Å². The highest BCUT2D eigenvalue weighted by molar-refractivity contribution is 7.92. The molecule has 0 saturated carbocycles. The van der Waals surface area contributed by atoms with Crippen molar-refractivity contribution in [2.75, 3.05) is 11.4 Å². The van der Waals surface area contributed by atoms with Gasteiger partial charge in [-0.2, -0.15) is 9.90 Å². The quantitative estimate of drug-likeness (QED) is 0.700. The van der Waals surface area contributed by atoms with E-state index in [0.29, 0.717) is 10.7 Å². The van der Waals surface area contributed by atoms with Crippen LogP contribution in [0.3, 0.4) is 0 Å². The Morgan fingerprint density at radius 3 is 2.20 bits per heavy atom. The number of hydrogen-bond donors (Lipinski definition) is 0. The number of aromatic nitrogens is 3. The summed E-state index contributed by atoms with van der Waals surface area (Å²) in [5.41, 5.74) is 2.19. The van der Waals surface area contributed by atoms with E-state index in [9.17, 15) is 8.42 Å². The van der Waals surface area contributed by atoms with Gasteiger partial charge in [0.25, 0.3) is 10.0 Å². The van der Waals surface area contributed by atoms with Gasteiger partial charge in [-0.05, 0) is 31.2 Å². The monoisotopic (exact) mass is 376 g/mol. The Morgan fingerprint density at radius 2 is 1.60 bits per heavy atom. The molecule has 0 N–H and O–H groups in total. The SMILES string of the molecule is Cc1ccc(S(=O)(=O)N(C)c2nn(C)nc2-c2ccc(Cl)cc2)cc1. The van der Waals surface area contributed by atoms with Gasteiger partial charge in [0.1, 0.15) is 5.69 Å². The van der Waals surface area contributed by atoms with Gasteiger partial charge in [0.05, 0.1) is 4.90 Å². The van der Waals surface area contributed by atoms with Gasteiger partial charge < -0.3 is 0 Å². The van der Waals surface area contributed by atoms with Crippen LogP contribution in [-0.2, 0) is 17.1 Å². The van der Waals surface area contributed by atoms with Crippen molar-refractivity contribution in [1.29, 1.82) is 0 Å². The number of benzene rings is 2. The third-order valence-corrected chi connectivity index (χ3v) is 5.81. The molecule has 1 heterocycles. The number of nitrogens with zero attached hydrogens (tertiary/aromatic N) is 4. The maximum atomic E-state index is 12.9. The maximum Gasteiger partial charge on any atom is 0.265 e. The molecule has 0 atom stereocenters. The second-order valence-corrected chi connectivity index (χ2v) is 8.06. The van der Waals surface area contributed by atoms with Crippen LogP contribution in [0.1, 0.15) is 5.56 Å². The van der Waals surface area contributed by atoms with E-state index in [-0.39, 0.29) is 10.7 Å². The minimum absolute atomic E-state index is 0.202. The van der Waals surface area contributed by atoms with Gasteiger partial charge in [-0.25, -0.2) is 12.7 Å². The Morgan fingerprint density at radius 1 is 1.00 bits per heavy atom. The molecule has 8 heteroatoms. The zero-order chi connectivity index (χ0) is 18.2. The number of sulfonamides is 1. The van der Waals surface area contributed by atoms with E-state index in [0.717, 1.165) is 15.4 Å². The molecule has 3 rings (SSSR count). The molecule has 0 aliphatic rings. The molecular weight excluding hydrogens is 360 g/mol. The lowest BCUT2D eigenvalue weighted by Gasteiger charge is -2.18. The van der Waals surface area contributed by atoms with Crippen molar-refractivity contribution in [3.05, 3.63) is 59.1 Å². The minimum atomic E-state index is -3.74. The van der Waals surface area contributed by atoms with Gasteiger partial charge in [0.15, 0.2) is 5.82 Å². The fourth-order valence-corrected chi connectivity index (χ4v) is 3.66. The van der Waals surface area contributed by atoms with Crippen LogP contribution in [0, 0.1) is 6.92 Å². The van der Waals surface area contributed by atoms with Crippen LogP contribution in [0.5, 0.6) is 0 Å². The third kappa shape index (κ3) is 3.38. The van der Waals surface area contributed by atoms with Crippen LogP contribution < -0.4 is 4.31 Å². The van der Waals surface area contributed by atoms with E-state index in [1.807, 2.05) is 6.92 Å². The first-order chi connectivity index (χ1) is 11.8. The van der Waals surface area contributed by atoms with Crippen molar-refractivity contribution < 1.29 is 8.42 Å². The highest BCUT2D eigenvalue weighted by Gasteiger charge is 2.27. The summed E-state index contributed by atoms with van der Waals surface area (Å²) in [5.74, 6) is 0.255. The summed E-state index contributed by atoms with van der Waals surface area (Å²) in [6.07, 6.45) is 0. The predicted molar refractivity (Wildman–Crippen MR) is 98.2 cm³/mol. The first-order valence-corrected chi connectivity index (χ1v) is 9.34. The summed E-state index contributed by atoms with van der Waals surface area (Å²) in [6, 6.07) is 13.7. The van der Waals surface area contributed by atoms with E-state index in [2.05, 4.69) is 10.2 Å². The molecule has 130 valence electrons. The van der Waals surface area contributed by atoms with Gasteiger partial charge in [-0.3, -0.25) is 0 Å². The van der Waals surface area contributed by atoms with Crippen LogP contribution in [0.25, 0.3) is 11.3 Å². The van der Waals surface area contributed by atoms with Crippen LogP contribution in [-0.4, -0.2) is 30.5 Å². The first kappa shape index (κ1) is 17.4. The average Bonchev–Trinajstić information content (AvgIpc) is 2.97. The Balaban J connectivity index is 2.07. The van der Waals surface area contributed by atoms with Crippen LogP contribution in [0.4, 0.5) is 5.82 Å². The van der Waals surface area contributed by atoms with Crippen molar-refractivity contribution in [3.8, 4) is 11.3 Å². The topological polar surface area (TPSA) is 68.1 Å².